The fraction of sp³-hybridized carbons (Fsp3) is 0.692. The molecule has 0 radical (unpaired) electrons. The molecule has 0 fully saturated rings. The fourth-order valence-corrected chi connectivity index (χ4v) is 2.97. The Labute approximate surface area is 138 Å². The van der Waals surface area contributed by atoms with E-state index < -0.39 is 5.41 Å². The lowest BCUT2D eigenvalue weighted by molar-refractivity contribution is -0.141. The van der Waals surface area contributed by atoms with Gasteiger partial charge in [0.1, 0.15) is 0 Å². The summed E-state index contributed by atoms with van der Waals surface area (Å²) in [7, 11) is 1.84. The molecule has 0 unspecified atom stereocenters. The Morgan fingerprint density at radius 3 is 2.30 bits per heavy atom. The van der Waals surface area contributed by atoms with E-state index in [9.17, 15) is 4.79 Å². The van der Waals surface area contributed by atoms with Crippen molar-refractivity contribution in [3.63, 3.8) is 0 Å². The molecule has 2 N–H and O–H groups in total. The number of hydrogen-bond donors (Lipinski definition) is 1. The lowest BCUT2D eigenvalue weighted by Gasteiger charge is -2.33. The third kappa shape index (κ3) is 4.88. The number of halogens is 2. The molecule has 0 saturated carbocycles. The summed E-state index contributed by atoms with van der Waals surface area (Å²) >= 11 is 1.63. The number of nitrogens with two attached hydrogens (primary N) is 1. The van der Waals surface area contributed by atoms with E-state index in [0.717, 1.165) is 22.7 Å². The number of carbonyl (C=O) groups excluding carboxylic acids is 1. The zero-order valence-electron chi connectivity index (χ0n) is 12.5. The average Bonchev–Trinajstić information content (AvgIpc) is 2.77. The molecule has 20 heavy (non-hydrogen) atoms. The predicted molar refractivity (Wildman–Crippen MR) is 89.9 cm³/mol. The maximum Gasteiger partial charge on any atom is 0.230 e. The lowest BCUT2D eigenvalue weighted by atomic mass is 9.81. The van der Waals surface area contributed by atoms with E-state index in [-0.39, 0.29) is 30.7 Å². The summed E-state index contributed by atoms with van der Waals surface area (Å²) in [5.41, 5.74) is 5.40. The van der Waals surface area contributed by atoms with E-state index in [2.05, 4.69) is 4.98 Å². The van der Waals surface area contributed by atoms with Gasteiger partial charge in [0.05, 0.1) is 17.0 Å². The van der Waals surface area contributed by atoms with Crippen LogP contribution < -0.4 is 5.73 Å². The Morgan fingerprint density at radius 2 is 1.95 bits per heavy atom. The van der Waals surface area contributed by atoms with Crippen LogP contribution in [0.15, 0.2) is 6.20 Å². The van der Waals surface area contributed by atoms with E-state index in [1.54, 1.807) is 16.2 Å². The maximum atomic E-state index is 12.5. The highest BCUT2D eigenvalue weighted by Crippen LogP contribution is 2.28. The summed E-state index contributed by atoms with van der Waals surface area (Å²) in [6.45, 7) is 7.05. The van der Waals surface area contributed by atoms with Gasteiger partial charge in [0.2, 0.25) is 5.91 Å². The molecule has 0 spiro atoms. The van der Waals surface area contributed by atoms with Crippen LogP contribution in [0.3, 0.4) is 0 Å². The Hall–Kier alpha value is -0.360. The number of hydrogen-bond acceptors (Lipinski definition) is 4. The molecule has 0 aliphatic heterocycles. The van der Waals surface area contributed by atoms with Crippen LogP contribution in [0, 0.1) is 12.3 Å². The summed E-state index contributed by atoms with van der Waals surface area (Å²) in [5.74, 6) is 0.140. The molecule has 1 heterocycles. The minimum absolute atomic E-state index is 0. The van der Waals surface area contributed by atoms with E-state index >= 15 is 0 Å². The molecule has 118 valence electrons. The van der Waals surface area contributed by atoms with Gasteiger partial charge in [-0.1, -0.05) is 13.8 Å². The van der Waals surface area contributed by atoms with E-state index in [1.807, 2.05) is 34.0 Å². The Balaban J connectivity index is 0. The summed E-state index contributed by atoms with van der Waals surface area (Å²) in [5, 5.41) is 1.03. The summed E-state index contributed by atoms with van der Waals surface area (Å²) < 4.78 is 0. The van der Waals surface area contributed by atoms with Crippen molar-refractivity contribution in [2.45, 2.75) is 40.2 Å². The van der Waals surface area contributed by atoms with Crippen LogP contribution >= 0.6 is 36.2 Å². The van der Waals surface area contributed by atoms with Gasteiger partial charge in [0.25, 0.3) is 0 Å². The first kappa shape index (κ1) is 21.9. The molecular weight excluding hydrogens is 317 g/mol. The number of rotatable bonds is 6. The quantitative estimate of drug-likeness (QED) is 0.864. The molecule has 1 rings (SSSR count). The van der Waals surface area contributed by atoms with E-state index in [4.69, 9.17) is 5.73 Å². The second-order valence-electron chi connectivity index (χ2n) is 4.70. The second kappa shape index (κ2) is 9.55. The van der Waals surface area contributed by atoms with Crippen LogP contribution in [0.4, 0.5) is 0 Å². The number of nitrogens with zero attached hydrogens (tertiary/aromatic N) is 2. The topological polar surface area (TPSA) is 59.2 Å². The monoisotopic (exact) mass is 341 g/mol. The molecule has 0 bridgehead atoms. The highest BCUT2D eigenvalue weighted by molar-refractivity contribution is 7.11. The van der Waals surface area contributed by atoms with Crippen molar-refractivity contribution in [1.29, 1.82) is 0 Å². The van der Waals surface area contributed by atoms with Gasteiger partial charge in [-0.2, -0.15) is 0 Å². The molecule has 0 saturated heterocycles. The molecule has 1 aromatic rings. The first-order valence-electron chi connectivity index (χ1n) is 6.36. The standard InChI is InChI=1S/C13H23N3OS.2ClH/c1-5-13(6-2,9-14)12(17)16(4)8-11-7-15-10(3)18-11;;/h7H,5-6,8-9,14H2,1-4H3;2*1H. The Morgan fingerprint density at radius 1 is 1.40 bits per heavy atom. The molecule has 0 aliphatic carbocycles. The summed E-state index contributed by atoms with van der Waals surface area (Å²) in [6.07, 6.45) is 3.40. The molecule has 4 nitrogen and oxygen atoms in total. The van der Waals surface area contributed by atoms with Gasteiger partial charge >= 0.3 is 0 Å². The third-order valence-electron chi connectivity index (χ3n) is 3.61. The molecule has 7 heteroatoms. The number of aryl methyl sites for hydroxylation is 1. The SMILES string of the molecule is CCC(CC)(CN)C(=O)N(C)Cc1cnc(C)s1.Cl.Cl. The molecule has 0 aromatic carbocycles. The number of amides is 1. The van der Waals surface area contributed by atoms with Crippen molar-refractivity contribution >= 4 is 42.1 Å². The van der Waals surface area contributed by atoms with Crippen molar-refractivity contribution in [3.05, 3.63) is 16.1 Å². The molecular formula is C13H25Cl2N3OS. The van der Waals surface area contributed by atoms with E-state index in [0.29, 0.717) is 13.1 Å². The molecule has 0 atom stereocenters. The van der Waals surface area contributed by atoms with Gasteiger partial charge in [-0.25, -0.2) is 4.98 Å². The lowest BCUT2D eigenvalue weighted by Crippen LogP contribution is -2.45. The molecule has 1 aromatic heterocycles. The van der Waals surface area contributed by atoms with Crippen LogP contribution in [0.25, 0.3) is 0 Å². The van der Waals surface area contributed by atoms with Crippen molar-refractivity contribution in [1.82, 2.24) is 9.88 Å². The highest BCUT2D eigenvalue weighted by Gasteiger charge is 2.35. The van der Waals surface area contributed by atoms with Crippen molar-refractivity contribution in [3.8, 4) is 0 Å². The minimum Gasteiger partial charge on any atom is -0.340 e. The zero-order valence-corrected chi connectivity index (χ0v) is 15.0. The maximum absolute atomic E-state index is 12.5. The third-order valence-corrected chi connectivity index (χ3v) is 4.50. The van der Waals surface area contributed by atoms with Crippen LogP contribution in [-0.4, -0.2) is 29.4 Å². The average molecular weight is 342 g/mol. The van der Waals surface area contributed by atoms with Gasteiger partial charge in [0.15, 0.2) is 0 Å². The Bertz CT molecular complexity index is 400. The molecule has 1 amide bonds. The van der Waals surface area contributed by atoms with Crippen LogP contribution in [0.2, 0.25) is 0 Å². The number of aromatic nitrogens is 1. The largest absolute Gasteiger partial charge is 0.340 e. The van der Waals surface area contributed by atoms with Gasteiger partial charge in [-0.15, -0.1) is 36.2 Å². The van der Waals surface area contributed by atoms with Crippen LogP contribution in [0.5, 0.6) is 0 Å². The van der Waals surface area contributed by atoms with Crippen LogP contribution in [-0.2, 0) is 11.3 Å². The normalized spacial score (nSPS) is 10.4. The first-order chi connectivity index (χ1) is 8.49. The fourth-order valence-electron chi connectivity index (χ4n) is 2.12. The van der Waals surface area contributed by atoms with Gasteiger partial charge in [-0.05, 0) is 19.8 Å². The van der Waals surface area contributed by atoms with Gasteiger partial charge in [-0.3, -0.25) is 4.79 Å². The van der Waals surface area contributed by atoms with Crippen molar-refractivity contribution in [2.75, 3.05) is 13.6 Å². The van der Waals surface area contributed by atoms with E-state index in [1.165, 1.54) is 0 Å². The molecule has 0 aliphatic rings. The zero-order chi connectivity index (χ0) is 13.8. The highest BCUT2D eigenvalue weighted by atomic mass is 35.5. The van der Waals surface area contributed by atoms with Gasteiger partial charge in [0, 0.05) is 24.7 Å². The number of thiazole rings is 1. The smallest absolute Gasteiger partial charge is 0.230 e. The first-order valence-corrected chi connectivity index (χ1v) is 7.17. The summed E-state index contributed by atoms with van der Waals surface area (Å²) in [4.78, 5) is 19.6. The predicted octanol–water partition coefficient (Wildman–Crippen LogP) is 3.02. The number of carbonyl (C=O) groups is 1. The minimum atomic E-state index is -0.408. The van der Waals surface area contributed by atoms with Crippen molar-refractivity contribution < 1.29 is 4.79 Å². The Kier molecular flexibility index (Phi) is 10.5. The van der Waals surface area contributed by atoms with Crippen molar-refractivity contribution in [2.24, 2.45) is 11.1 Å². The van der Waals surface area contributed by atoms with Crippen LogP contribution in [0.1, 0.15) is 36.6 Å². The summed E-state index contributed by atoms with van der Waals surface area (Å²) in [6, 6.07) is 0. The second-order valence-corrected chi connectivity index (χ2v) is 6.02. The van der Waals surface area contributed by atoms with Gasteiger partial charge < -0.3 is 10.6 Å².